The van der Waals surface area contributed by atoms with E-state index in [0.717, 1.165) is 42.0 Å². The molecule has 144 valence electrons. The lowest BCUT2D eigenvalue weighted by Crippen LogP contribution is -2.53. The number of hydrogen-bond donors (Lipinski definition) is 2. The smallest absolute Gasteiger partial charge is 0.123 e. The van der Waals surface area contributed by atoms with E-state index in [2.05, 4.69) is 47.0 Å². The van der Waals surface area contributed by atoms with E-state index < -0.39 is 0 Å². The molecule has 4 unspecified atom stereocenters. The summed E-state index contributed by atoms with van der Waals surface area (Å²) in [6.07, 6.45) is 4.02. The van der Waals surface area contributed by atoms with Gasteiger partial charge in [-0.3, -0.25) is 0 Å². The van der Waals surface area contributed by atoms with E-state index in [1.54, 1.807) is 14.2 Å². The summed E-state index contributed by atoms with van der Waals surface area (Å²) < 4.78 is 11.0. The first-order valence-electron chi connectivity index (χ1n) is 10.0. The van der Waals surface area contributed by atoms with Crippen LogP contribution in [0.2, 0.25) is 0 Å². The van der Waals surface area contributed by atoms with E-state index in [9.17, 15) is 0 Å². The minimum Gasteiger partial charge on any atom is -0.497 e. The number of rotatable bonds is 6. The molecular formula is C23H30N2O2. The molecule has 2 aliphatic rings. The predicted molar refractivity (Wildman–Crippen MR) is 108 cm³/mol. The highest BCUT2D eigenvalue weighted by Gasteiger charge is 2.41. The number of piperidine rings is 1. The van der Waals surface area contributed by atoms with Crippen LogP contribution < -0.4 is 20.1 Å². The fourth-order valence-electron chi connectivity index (χ4n) is 4.95. The monoisotopic (exact) mass is 366 g/mol. The van der Waals surface area contributed by atoms with Crippen LogP contribution in [0.3, 0.4) is 0 Å². The van der Waals surface area contributed by atoms with E-state index in [1.165, 1.54) is 24.8 Å². The Bertz CT molecular complexity index is 749. The highest BCUT2D eigenvalue weighted by molar-refractivity contribution is 5.40. The van der Waals surface area contributed by atoms with Gasteiger partial charge in [-0.05, 0) is 55.0 Å². The minimum absolute atomic E-state index is 0.349. The van der Waals surface area contributed by atoms with Crippen LogP contribution in [-0.2, 0) is 6.54 Å². The first-order chi connectivity index (χ1) is 13.3. The van der Waals surface area contributed by atoms with E-state index in [1.807, 2.05) is 12.1 Å². The molecular weight excluding hydrogens is 336 g/mol. The average molecular weight is 367 g/mol. The third-order valence-corrected chi connectivity index (χ3v) is 6.31. The van der Waals surface area contributed by atoms with E-state index in [0.29, 0.717) is 12.1 Å². The van der Waals surface area contributed by atoms with E-state index >= 15 is 0 Å². The van der Waals surface area contributed by atoms with Crippen LogP contribution >= 0.6 is 0 Å². The molecule has 0 radical (unpaired) electrons. The Kier molecular flexibility index (Phi) is 5.65. The first kappa shape index (κ1) is 18.3. The van der Waals surface area contributed by atoms with Gasteiger partial charge < -0.3 is 20.1 Å². The van der Waals surface area contributed by atoms with Crippen molar-refractivity contribution in [1.29, 1.82) is 0 Å². The summed E-state index contributed by atoms with van der Waals surface area (Å²) in [6.45, 7) is 1.91. The number of nitrogens with one attached hydrogen (secondary N) is 2. The van der Waals surface area contributed by atoms with Crippen LogP contribution in [0.15, 0.2) is 48.5 Å². The van der Waals surface area contributed by atoms with Gasteiger partial charge in [0.15, 0.2) is 0 Å². The molecule has 1 aliphatic heterocycles. The second kappa shape index (κ2) is 8.32. The van der Waals surface area contributed by atoms with Gasteiger partial charge in [-0.2, -0.15) is 0 Å². The maximum Gasteiger partial charge on any atom is 0.123 e. The highest BCUT2D eigenvalue weighted by Crippen LogP contribution is 2.41. The minimum atomic E-state index is 0.349. The molecule has 0 spiro atoms. The zero-order valence-corrected chi connectivity index (χ0v) is 16.3. The second-order valence-electron chi connectivity index (χ2n) is 7.74. The van der Waals surface area contributed by atoms with Gasteiger partial charge in [-0.1, -0.05) is 36.8 Å². The van der Waals surface area contributed by atoms with Crippen molar-refractivity contribution in [2.24, 2.45) is 11.8 Å². The van der Waals surface area contributed by atoms with Crippen LogP contribution in [0, 0.1) is 11.8 Å². The average Bonchev–Trinajstić information content (AvgIpc) is 3.21. The molecule has 2 aromatic carbocycles. The number of fused-ring (bicyclic) bond motifs is 1. The first-order valence-corrected chi connectivity index (χ1v) is 10.0. The van der Waals surface area contributed by atoms with Gasteiger partial charge in [0.05, 0.1) is 14.2 Å². The van der Waals surface area contributed by atoms with Crippen molar-refractivity contribution in [2.75, 3.05) is 20.8 Å². The quantitative estimate of drug-likeness (QED) is 0.813. The SMILES string of the molecule is COc1ccc(OC)c(CNC2C(c3ccccc3)NCC3CCCC32)c1. The zero-order chi connectivity index (χ0) is 18.6. The molecule has 1 aliphatic carbocycles. The van der Waals surface area contributed by atoms with Crippen molar-refractivity contribution in [1.82, 2.24) is 10.6 Å². The van der Waals surface area contributed by atoms with Crippen molar-refractivity contribution in [2.45, 2.75) is 37.9 Å². The van der Waals surface area contributed by atoms with Crippen LogP contribution in [0.25, 0.3) is 0 Å². The number of methoxy groups -OCH3 is 2. The van der Waals surface area contributed by atoms with E-state index in [4.69, 9.17) is 9.47 Å². The molecule has 1 heterocycles. The molecule has 27 heavy (non-hydrogen) atoms. The molecule has 4 atom stereocenters. The van der Waals surface area contributed by atoms with E-state index in [-0.39, 0.29) is 0 Å². The van der Waals surface area contributed by atoms with Gasteiger partial charge in [-0.25, -0.2) is 0 Å². The Morgan fingerprint density at radius 2 is 1.89 bits per heavy atom. The summed E-state index contributed by atoms with van der Waals surface area (Å²) in [5, 5.41) is 7.71. The maximum atomic E-state index is 5.57. The van der Waals surface area contributed by atoms with Gasteiger partial charge in [0.1, 0.15) is 11.5 Å². The predicted octanol–water partition coefficient (Wildman–Crippen LogP) is 3.92. The number of hydrogen-bond acceptors (Lipinski definition) is 4. The van der Waals surface area contributed by atoms with Gasteiger partial charge in [0, 0.05) is 24.2 Å². The van der Waals surface area contributed by atoms with Gasteiger partial charge in [0.2, 0.25) is 0 Å². The summed E-state index contributed by atoms with van der Waals surface area (Å²) in [4.78, 5) is 0. The zero-order valence-electron chi connectivity index (χ0n) is 16.3. The second-order valence-corrected chi connectivity index (χ2v) is 7.74. The molecule has 1 saturated heterocycles. The number of benzene rings is 2. The molecule has 1 saturated carbocycles. The fourth-order valence-corrected chi connectivity index (χ4v) is 4.95. The topological polar surface area (TPSA) is 42.5 Å². The summed E-state index contributed by atoms with van der Waals surface area (Å²) in [6, 6.07) is 17.6. The molecule has 2 N–H and O–H groups in total. The van der Waals surface area contributed by atoms with Gasteiger partial charge in [0.25, 0.3) is 0 Å². The van der Waals surface area contributed by atoms with Crippen LogP contribution in [0.5, 0.6) is 11.5 Å². The van der Waals surface area contributed by atoms with Crippen LogP contribution in [0.4, 0.5) is 0 Å². The van der Waals surface area contributed by atoms with Crippen molar-refractivity contribution >= 4 is 0 Å². The molecule has 0 amide bonds. The third-order valence-electron chi connectivity index (χ3n) is 6.31. The van der Waals surface area contributed by atoms with Crippen LogP contribution in [-0.4, -0.2) is 26.8 Å². The van der Waals surface area contributed by atoms with Crippen molar-refractivity contribution in [3.05, 3.63) is 59.7 Å². The Morgan fingerprint density at radius 1 is 1.04 bits per heavy atom. The fraction of sp³-hybridized carbons (Fsp3) is 0.478. The molecule has 4 rings (SSSR count). The Labute approximate surface area is 162 Å². The summed E-state index contributed by atoms with van der Waals surface area (Å²) in [5.74, 6) is 3.29. The largest absolute Gasteiger partial charge is 0.497 e. The van der Waals surface area contributed by atoms with Gasteiger partial charge in [-0.15, -0.1) is 0 Å². The molecule has 0 bridgehead atoms. The highest BCUT2D eigenvalue weighted by atomic mass is 16.5. The lowest BCUT2D eigenvalue weighted by atomic mass is 9.78. The summed E-state index contributed by atoms with van der Waals surface area (Å²) in [5.41, 5.74) is 2.52. The Morgan fingerprint density at radius 3 is 2.67 bits per heavy atom. The molecule has 4 heteroatoms. The summed E-state index contributed by atoms with van der Waals surface area (Å²) in [7, 11) is 3.44. The summed E-state index contributed by atoms with van der Waals surface area (Å²) >= 11 is 0. The lowest BCUT2D eigenvalue weighted by Gasteiger charge is -2.42. The molecule has 4 nitrogen and oxygen atoms in total. The molecule has 0 aromatic heterocycles. The molecule has 2 fully saturated rings. The maximum absolute atomic E-state index is 5.57. The normalized spacial score (nSPS) is 27.2. The van der Waals surface area contributed by atoms with Crippen LogP contribution in [0.1, 0.15) is 36.4 Å². The Hall–Kier alpha value is -2.04. The third kappa shape index (κ3) is 3.83. The Balaban J connectivity index is 1.57. The molecule has 2 aromatic rings. The van der Waals surface area contributed by atoms with Crippen molar-refractivity contribution in [3.63, 3.8) is 0 Å². The van der Waals surface area contributed by atoms with Crippen molar-refractivity contribution < 1.29 is 9.47 Å². The lowest BCUT2D eigenvalue weighted by molar-refractivity contribution is 0.170. The van der Waals surface area contributed by atoms with Crippen molar-refractivity contribution in [3.8, 4) is 11.5 Å². The standard InChI is InChI=1S/C23H30N2O2/c1-26-19-11-12-21(27-2)18(13-19)15-25-23-20-10-6-9-17(20)14-24-22(23)16-7-4-3-5-8-16/h3-5,7-8,11-13,17,20,22-25H,6,9-10,14-15H2,1-2H3. The number of ether oxygens (including phenoxy) is 2. The van der Waals surface area contributed by atoms with Gasteiger partial charge >= 0.3 is 0 Å².